The van der Waals surface area contributed by atoms with Gasteiger partial charge in [0.25, 0.3) is 0 Å². The van der Waals surface area contributed by atoms with Crippen molar-refractivity contribution in [3.63, 3.8) is 0 Å². The minimum atomic E-state index is 0.598. The van der Waals surface area contributed by atoms with Crippen LogP contribution in [0.3, 0.4) is 0 Å². The molecule has 0 bridgehead atoms. The molecule has 1 atom stereocenters. The Morgan fingerprint density at radius 2 is 1.52 bits per heavy atom. The van der Waals surface area contributed by atoms with Gasteiger partial charge in [0.15, 0.2) is 0 Å². The van der Waals surface area contributed by atoms with Crippen LogP contribution < -0.4 is 14.2 Å². The summed E-state index contributed by atoms with van der Waals surface area (Å²) < 4.78 is 16.6. The lowest BCUT2D eigenvalue weighted by atomic mass is 9.99. The van der Waals surface area contributed by atoms with E-state index in [1.165, 1.54) is 5.56 Å². The van der Waals surface area contributed by atoms with Gasteiger partial charge in [-0.15, -0.1) is 0 Å². The second kappa shape index (κ2) is 9.09. The lowest BCUT2D eigenvalue weighted by molar-refractivity contribution is 0.247. The predicted molar refractivity (Wildman–Crippen MR) is 93.7 cm³/mol. The predicted octanol–water partition coefficient (Wildman–Crippen LogP) is 5.06. The monoisotopic (exact) mass is 314 g/mol. The van der Waals surface area contributed by atoms with Crippen LogP contribution in [0.5, 0.6) is 17.2 Å². The van der Waals surface area contributed by atoms with Crippen LogP contribution in [0.25, 0.3) is 0 Å². The number of methoxy groups -OCH3 is 1. The van der Waals surface area contributed by atoms with Gasteiger partial charge < -0.3 is 14.2 Å². The Balaban J connectivity index is 1.69. The summed E-state index contributed by atoms with van der Waals surface area (Å²) in [4.78, 5) is 0. The summed E-state index contributed by atoms with van der Waals surface area (Å²) in [6, 6.07) is 16.0. The molecule has 0 aromatic heterocycles. The van der Waals surface area contributed by atoms with Crippen LogP contribution in [0, 0.1) is 0 Å². The Morgan fingerprint density at radius 3 is 2.17 bits per heavy atom. The second-order valence-corrected chi connectivity index (χ2v) is 5.61. The molecule has 1 unspecified atom stereocenters. The van der Waals surface area contributed by atoms with Gasteiger partial charge in [-0.25, -0.2) is 0 Å². The first kappa shape index (κ1) is 17.2. The lowest BCUT2D eigenvalue weighted by Crippen LogP contribution is -2.05. The van der Waals surface area contributed by atoms with Crippen molar-refractivity contribution in [3.8, 4) is 17.2 Å². The zero-order valence-corrected chi connectivity index (χ0v) is 14.2. The third-order valence-electron chi connectivity index (χ3n) is 3.93. The second-order valence-electron chi connectivity index (χ2n) is 5.61. The summed E-state index contributed by atoms with van der Waals surface area (Å²) in [7, 11) is 1.65. The van der Waals surface area contributed by atoms with E-state index < -0.39 is 0 Å². The maximum atomic E-state index is 5.75. The molecule has 2 aromatic rings. The maximum absolute atomic E-state index is 5.75. The van der Waals surface area contributed by atoms with Gasteiger partial charge >= 0.3 is 0 Å². The fraction of sp³-hybridized carbons (Fsp3) is 0.400. The number of hydrogen-bond acceptors (Lipinski definition) is 3. The highest BCUT2D eigenvalue weighted by atomic mass is 16.5. The molecular formula is C20H26O3. The summed E-state index contributed by atoms with van der Waals surface area (Å²) in [5.74, 6) is 3.14. The van der Waals surface area contributed by atoms with Crippen molar-refractivity contribution in [3.05, 3.63) is 54.1 Å². The highest BCUT2D eigenvalue weighted by Gasteiger charge is 2.03. The summed E-state index contributed by atoms with van der Waals surface area (Å²) in [5, 5.41) is 0. The molecule has 0 fully saturated rings. The van der Waals surface area contributed by atoms with E-state index in [0.717, 1.165) is 30.1 Å². The molecule has 0 radical (unpaired) electrons. The van der Waals surface area contributed by atoms with Crippen LogP contribution in [0.4, 0.5) is 0 Å². The molecule has 0 aliphatic rings. The van der Waals surface area contributed by atoms with E-state index in [0.29, 0.717) is 19.1 Å². The summed E-state index contributed by atoms with van der Waals surface area (Å²) in [6.45, 7) is 5.72. The zero-order chi connectivity index (χ0) is 16.5. The smallest absolute Gasteiger partial charge is 0.122 e. The van der Waals surface area contributed by atoms with E-state index in [4.69, 9.17) is 14.2 Å². The SMILES string of the molecule is CCC(C)c1ccc(OCCCOc2cccc(OC)c2)cc1. The van der Waals surface area contributed by atoms with Gasteiger partial charge in [0, 0.05) is 12.5 Å². The van der Waals surface area contributed by atoms with Gasteiger partial charge in [-0.1, -0.05) is 32.0 Å². The molecule has 0 saturated heterocycles. The van der Waals surface area contributed by atoms with Crippen molar-refractivity contribution in [2.24, 2.45) is 0 Å². The summed E-state index contributed by atoms with van der Waals surface area (Å²) in [6.07, 6.45) is 1.99. The van der Waals surface area contributed by atoms with E-state index in [2.05, 4.69) is 26.0 Å². The molecule has 0 heterocycles. The Bertz CT molecular complexity index is 578. The van der Waals surface area contributed by atoms with Crippen molar-refractivity contribution in [2.45, 2.75) is 32.6 Å². The Kier molecular flexibility index (Phi) is 6.79. The molecule has 0 aliphatic heterocycles. The van der Waals surface area contributed by atoms with Gasteiger partial charge in [-0.2, -0.15) is 0 Å². The normalized spacial score (nSPS) is 11.8. The Hall–Kier alpha value is -2.16. The van der Waals surface area contributed by atoms with Crippen molar-refractivity contribution >= 4 is 0 Å². The van der Waals surface area contributed by atoms with E-state index in [9.17, 15) is 0 Å². The van der Waals surface area contributed by atoms with Gasteiger partial charge in [0.1, 0.15) is 17.2 Å². The minimum Gasteiger partial charge on any atom is -0.497 e. The molecule has 0 aliphatic carbocycles. The van der Waals surface area contributed by atoms with Gasteiger partial charge in [0.2, 0.25) is 0 Å². The highest BCUT2D eigenvalue weighted by molar-refractivity contribution is 5.32. The molecule has 3 nitrogen and oxygen atoms in total. The molecule has 3 heteroatoms. The number of benzene rings is 2. The molecule has 124 valence electrons. The molecule has 0 N–H and O–H groups in total. The summed E-state index contributed by atoms with van der Waals surface area (Å²) >= 11 is 0. The van der Waals surface area contributed by atoms with Gasteiger partial charge in [0.05, 0.1) is 20.3 Å². The van der Waals surface area contributed by atoms with Crippen molar-refractivity contribution in [2.75, 3.05) is 20.3 Å². The standard InChI is InChI=1S/C20H26O3/c1-4-16(2)17-9-11-18(12-10-17)22-13-6-14-23-20-8-5-7-19(15-20)21-3/h5,7-12,15-16H,4,6,13-14H2,1-3H3. The van der Waals surface area contributed by atoms with Crippen molar-refractivity contribution in [1.82, 2.24) is 0 Å². The third-order valence-corrected chi connectivity index (χ3v) is 3.93. The Morgan fingerprint density at radius 1 is 0.870 bits per heavy atom. The van der Waals surface area contributed by atoms with Gasteiger partial charge in [-0.3, -0.25) is 0 Å². The fourth-order valence-corrected chi connectivity index (χ4v) is 2.26. The molecule has 23 heavy (non-hydrogen) atoms. The van der Waals surface area contributed by atoms with Crippen LogP contribution in [-0.2, 0) is 0 Å². The third kappa shape index (κ3) is 5.51. The molecule has 0 saturated carbocycles. The van der Waals surface area contributed by atoms with Crippen LogP contribution in [0.1, 0.15) is 38.2 Å². The van der Waals surface area contributed by atoms with Gasteiger partial charge in [-0.05, 0) is 42.2 Å². The zero-order valence-electron chi connectivity index (χ0n) is 14.2. The molecule has 2 rings (SSSR count). The number of rotatable bonds is 9. The van der Waals surface area contributed by atoms with E-state index in [1.807, 2.05) is 36.4 Å². The van der Waals surface area contributed by atoms with Crippen LogP contribution in [0.2, 0.25) is 0 Å². The van der Waals surface area contributed by atoms with Crippen LogP contribution >= 0.6 is 0 Å². The fourth-order valence-electron chi connectivity index (χ4n) is 2.26. The van der Waals surface area contributed by atoms with Crippen LogP contribution in [-0.4, -0.2) is 20.3 Å². The van der Waals surface area contributed by atoms with E-state index >= 15 is 0 Å². The van der Waals surface area contributed by atoms with Crippen molar-refractivity contribution in [1.29, 1.82) is 0 Å². The van der Waals surface area contributed by atoms with Crippen molar-refractivity contribution < 1.29 is 14.2 Å². The molecule has 0 spiro atoms. The highest BCUT2D eigenvalue weighted by Crippen LogP contribution is 2.22. The first-order chi connectivity index (χ1) is 11.2. The first-order valence-corrected chi connectivity index (χ1v) is 8.22. The average Bonchev–Trinajstić information content (AvgIpc) is 2.61. The first-order valence-electron chi connectivity index (χ1n) is 8.22. The largest absolute Gasteiger partial charge is 0.497 e. The van der Waals surface area contributed by atoms with Crippen LogP contribution in [0.15, 0.2) is 48.5 Å². The van der Waals surface area contributed by atoms with E-state index in [-0.39, 0.29) is 0 Å². The minimum absolute atomic E-state index is 0.598. The molecular weight excluding hydrogens is 288 g/mol. The average molecular weight is 314 g/mol. The topological polar surface area (TPSA) is 27.7 Å². The van der Waals surface area contributed by atoms with E-state index in [1.54, 1.807) is 7.11 Å². The Labute approximate surface area is 139 Å². The lowest BCUT2D eigenvalue weighted by Gasteiger charge is -2.11. The molecule has 2 aromatic carbocycles. The number of ether oxygens (including phenoxy) is 3. The quantitative estimate of drug-likeness (QED) is 0.606. The number of hydrogen-bond donors (Lipinski definition) is 0. The summed E-state index contributed by atoms with van der Waals surface area (Å²) in [5.41, 5.74) is 1.36. The molecule has 0 amide bonds. The maximum Gasteiger partial charge on any atom is 0.122 e.